The molecule has 0 saturated heterocycles. The summed E-state index contributed by atoms with van der Waals surface area (Å²) in [5.74, 6) is -0.727. The van der Waals surface area contributed by atoms with Gasteiger partial charge in [0.1, 0.15) is 0 Å². The lowest BCUT2D eigenvalue weighted by molar-refractivity contribution is 0.461. The van der Waals surface area contributed by atoms with Gasteiger partial charge in [0.25, 0.3) is 0 Å². The van der Waals surface area contributed by atoms with E-state index in [1.807, 2.05) is 60.7 Å². The summed E-state index contributed by atoms with van der Waals surface area (Å²) in [4.78, 5) is 10.1. The van der Waals surface area contributed by atoms with Gasteiger partial charge in [-0.05, 0) is 17.5 Å². The van der Waals surface area contributed by atoms with Gasteiger partial charge in [0, 0.05) is 0 Å². The molecule has 3 nitrogen and oxygen atoms in total. The summed E-state index contributed by atoms with van der Waals surface area (Å²) in [5.41, 5.74) is 7.75. The number of nitrogens with two attached hydrogens (primary N) is 1. The van der Waals surface area contributed by atoms with Crippen molar-refractivity contribution in [2.24, 2.45) is 5.73 Å². The maximum absolute atomic E-state index is 12.3. The maximum atomic E-state index is 12.3. The molecule has 3 N–H and O–H groups in total. The van der Waals surface area contributed by atoms with Crippen LogP contribution in [0.25, 0.3) is 0 Å². The Labute approximate surface area is 113 Å². The molecule has 0 fully saturated rings. The van der Waals surface area contributed by atoms with Crippen molar-refractivity contribution in [1.82, 2.24) is 0 Å². The lowest BCUT2D eigenvalue weighted by Crippen LogP contribution is -2.23. The Morgan fingerprint density at radius 3 is 1.95 bits per heavy atom. The van der Waals surface area contributed by atoms with Crippen LogP contribution in [0.15, 0.2) is 60.7 Å². The molecule has 19 heavy (non-hydrogen) atoms. The van der Waals surface area contributed by atoms with E-state index in [0.29, 0.717) is 6.42 Å². The van der Waals surface area contributed by atoms with Crippen LogP contribution in [0.3, 0.4) is 0 Å². The van der Waals surface area contributed by atoms with Crippen LogP contribution in [-0.4, -0.2) is 10.7 Å². The van der Waals surface area contributed by atoms with Crippen molar-refractivity contribution in [3.63, 3.8) is 0 Å². The van der Waals surface area contributed by atoms with Gasteiger partial charge in [-0.2, -0.15) is 0 Å². The summed E-state index contributed by atoms with van der Waals surface area (Å²) in [6.45, 7) is 0. The van der Waals surface area contributed by atoms with E-state index in [4.69, 9.17) is 5.73 Å². The zero-order valence-electron chi connectivity index (χ0n) is 10.6. The van der Waals surface area contributed by atoms with Crippen molar-refractivity contribution in [3.05, 3.63) is 71.8 Å². The fourth-order valence-corrected chi connectivity index (χ4v) is 3.43. The largest absolute Gasteiger partial charge is 0.343 e. The topological polar surface area (TPSA) is 63.3 Å². The van der Waals surface area contributed by atoms with E-state index in [1.54, 1.807) is 0 Å². The first-order valence-corrected chi connectivity index (χ1v) is 8.14. The van der Waals surface area contributed by atoms with Crippen LogP contribution in [0.4, 0.5) is 0 Å². The van der Waals surface area contributed by atoms with Gasteiger partial charge in [-0.25, -0.2) is 0 Å². The Balaban J connectivity index is 2.05. The molecule has 0 spiro atoms. The van der Waals surface area contributed by atoms with E-state index in [0.717, 1.165) is 11.1 Å². The van der Waals surface area contributed by atoms with E-state index in [9.17, 15) is 9.46 Å². The minimum absolute atomic E-state index is 0.127. The van der Waals surface area contributed by atoms with Gasteiger partial charge in [0.2, 0.25) is 7.37 Å². The highest BCUT2D eigenvalue weighted by Gasteiger charge is 2.27. The second kappa shape index (κ2) is 6.16. The minimum Gasteiger partial charge on any atom is -0.343 e. The summed E-state index contributed by atoms with van der Waals surface area (Å²) in [6, 6.07) is 18.9. The minimum atomic E-state index is -3.39. The summed E-state index contributed by atoms with van der Waals surface area (Å²) in [6.07, 6.45) is 0.545. The Bertz CT molecular complexity index is 557. The number of hydrogen-bond acceptors (Lipinski definition) is 2. The van der Waals surface area contributed by atoms with Crippen molar-refractivity contribution in [2.45, 2.75) is 18.4 Å². The third-order valence-corrected chi connectivity index (χ3v) is 5.10. The lowest BCUT2D eigenvalue weighted by Gasteiger charge is -2.19. The molecule has 0 aliphatic heterocycles. The highest BCUT2D eigenvalue weighted by molar-refractivity contribution is 7.57. The summed E-state index contributed by atoms with van der Waals surface area (Å²) in [7, 11) is -3.39. The van der Waals surface area contributed by atoms with Gasteiger partial charge in [-0.3, -0.25) is 4.57 Å². The summed E-state index contributed by atoms with van der Waals surface area (Å²) >= 11 is 0. The molecule has 100 valence electrons. The molecule has 0 radical (unpaired) electrons. The SMILES string of the molecule is NC(Cc1ccccc1)P(=O)(O)Cc1ccccc1. The molecule has 0 amide bonds. The Hall–Kier alpha value is -1.41. The van der Waals surface area contributed by atoms with Crippen LogP contribution in [-0.2, 0) is 17.1 Å². The zero-order chi connectivity index (χ0) is 13.7. The second-order valence-electron chi connectivity index (χ2n) is 4.66. The van der Waals surface area contributed by atoms with Gasteiger partial charge >= 0.3 is 0 Å². The Kier molecular flexibility index (Phi) is 4.54. The Morgan fingerprint density at radius 2 is 1.42 bits per heavy atom. The summed E-state index contributed by atoms with van der Waals surface area (Å²) in [5, 5.41) is 0. The molecule has 0 aliphatic carbocycles. The standard InChI is InChI=1S/C15H18NO2P/c16-15(11-13-7-3-1-4-8-13)19(17,18)12-14-9-5-2-6-10-14/h1-10,15H,11-12,16H2,(H,17,18). The molecule has 0 saturated carbocycles. The van der Waals surface area contributed by atoms with Gasteiger partial charge in [-0.1, -0.05) is 60.7 Å². The molecule has 2 unspecified atom stereocenters. The molecule has 4 heteroatoms. The predicted octanol–water partition coefficient (Wildman–Crippen LogP) is 2.98. The van der Waals surface area contributed by atoms with Crippen molar-refractivity contribution in [1.29, 1.82) is 0 Å². The van der Waals surface area contributed by atoms with Gasteiger partial charge < -0.3 is 10.6 Å². The summed E-state index contributed by atoms with van der Waals surface area (Å²) < 4.78 is 12.3. The quantitative estimate of drug-likeness (QED) is 0.824. The normalized spacial score (nSPS) is 15.7. The second-order valence-corrected chi connectivity index (χ2v) is 7.15. The first-order chi connectivity index (χ1) is 9.08. The van der Waals surface area contributed by atoms with Crippen LogP contribution in [0, 0.1) is 0 Å². The fraction of sp³-hybridized carbons (Fsp3) is 0.200. The lowest BCUT2D eigenvalue weighted by atomic mass is 10.1. The smallest absolute Gasteiger partial charge is 0.221 e. The van der Waals surface area contributed by atoms with E-state index in [2.05, 4.69) is 0 Å². The average molecular weight is 275 g/mol. The monoisotopic (exact) mass is 275 g/mol. The van der Waals surface area contributed by atoms with Crippen molar-refractivity contribution in [3.8, 4) is 0 Å². The molecule has 0 heterocycles. The van der Waals surface area contributed by atoms with Crippen molar-refractivity contribution >= 4 is 7.37 Å². The van der Waals surface area contributed by atoms with E-state index in [-0.39, 0.29) is 6.16 Å². The molecule has 0 bridgehead atoms. The van der Waals surface area contributed by atoms with E-state index < -0.39 is 13.2 Å². The first-order valence-electron chi connectivity index (χ1n) is 6.23. The predicted molar refractivity (Wildman–Crippen MR) is 78.1 cm³/mol. The average Bonchev–Trinajstić information content (AvgIpc) is 2.40. The maximum Gasteiger partial charge on any atom is 0.221 e. The van der Waals surface area contributed by atoms with Crippen LogP contribution in [0.5, 0.6) is 0 Å². The van der Waals surface area contributed by atoms with E-state index in [1.165, 1.54) is 0 Å². The molecule has 0 aromatic heterocycles. The van der Waals surface area contributed by atoms with Crippen molar-refractivity contribution < 1.29 is 9.46 Å². The molecule has 2 aromatic rings. The molecule has 2 aromatic carbocycles. The third kappa shape index (κ3) is 4.03. The van der Waals surface area contributed by atoms with Gasteiger partial charge in [0.05, 0.1) is 11.9 Å². The van der Waals surface area contributed by atoms with Crippen molar-refractivity contribution in [2.75, 3.05) is 0 Å². The third-order valence-electron chi connectivity index (χ3n) is 3.06. The molecule has 2 rings (SSSR count). The van der Waals surface area contributed by atoms with Crippen LogP contribution < -0.4 is 5.73 Å². The zero-order valence-corrected chi connectivity index (χ0v) is 11.5. The molecule has 2 atom stereocenters. The Morgan fingerprint density at radius 1 is 0.947 bits per heavy atom. The molecular formula is C15H18NO2P. The fourth-order valence-electron chi connectivity index (χ4n) is 1.96. The van der Waals surface area contributed by atoms with E-state index >= 15 is 0 Å². The van der Waals surface area contributed by atoms with Crippen LogP contribution >= 0.6 is 7.37 Å². The molecular weight excluding hydrogens is 257 g/mol. The number of benzene rings is 2. The number of hydrogen-bond donors (Lipinski definition) is 2. The first kappa shape index (κ1) is 14.0. The van der Waals surface area contributed by atoms with Crippen LogP contribution in [0.1, 0.15) is 11.1 Å². The highest BCUT2D eigenvalue weighted by Crippen LogP contribution is 2.48. The number of rotatable bonds is 5. The van der Waals surface area contributed by atoms with Crippen LogP contribution in [0.2, 0.25) is 0 Å². The molecule has 0 aliphatic rings. The van der Waals surface area contributed by atoms with Gasteiger partial charge in [-0.15, -0.1) is 0 Å². The van der Waals surface area contributed by atoms with Gasteiger partial charge in [0.15, 0.2) is 0 Å². The highest BCUT2D eigenvalue weighted by atomic mass is 31.2.